The summed E-state index contributed by atoms with van der Waals surface area (Å²) in [5, 5.41) is 13.9. The van der Waals surface area contributed by atoms with Crippen LogP contribution in [0, 0.1) is 0 Å². The largest absolute Gasteiger partial charge is 0.393 e. The van der Waals surface area contributed by atoms with Crippen molar-refractivity contribution in [3.8, 4) is 0 Å². The lowest BCUT2D eigenvalue weighted by molar-refractivity contribution is 0.145. The summed E-state index contributed by atoms with van der Waals surface area (Å²) in [6.45, 7) is 2.19. The van der Waals surface area contributed by atoms with Crippen LogP contribution in [-0.4, -0.2) is 11.2 Å². The smallest absolute Gasteiger partial charge is 0.0563 e. The molecule has 0 saturated carbocycles. The van der Waals surface area contributed by atoms with Crippen molar-refractivity contribution in [2.75, 3.05) is 5.32 Å². The van der Waals surface area contributed by atoms with Crippen molar-refractivity contribution in [3.63, 3.8) is 0 Å². The van der Waals surface area contributed by atoms with Gasteiger partial charge in [-0.3, -0.25) is 0 Å². The number of nitrogens with one attached hydrogen (secondary N) is 1. The fraction of sp³-hybridized carbons (Fsp3) is 0.400. The van der Waals surface area contributed by atoms with Gasteiger partial charge in [0.2, 0.25) is 0 Å². The average molecular weight is 297 g/mol. The molecule has 0 aliphatic rings. The molecule has 2 N–H and O–H groups in total. The minimum Gasteiger partial charge on any atom is -0.393 e. The summed E-state index contributed by atoms with van der Waals surface area (Å²) in [7, 11) is 0. The first-order chi connectivity index (χ1) is 10.8. The quantitative estimate of drug-likeness (QED) is 0.626. The number of benzene rings is 2. The van der Waals surface area contributed by atoms with Crippen molar-refractivity contribution in [2.24, 2.45) is 0 Å². The first-order valence-corrected chi connectivity index (χ1v) is 8.34. The Balaban J connectivity index is 2.02. The zero-order valence-corrected chi connectivity index (χ0v) is 13.4. The van der Waals surface area contributed by atoms with Gasteiger partial charge in [0.1, 0.15) is 0 Å². The highest BCUT2D eigenvalue weighted by atomic mass is 16.3. The molecule has 2 nitrogen and oxygen atoms in total. The summed E-state index contributed by atoms with van der Waals surface area (Å²) in [6.07, 6.45) is 4.85. The van der Waals surface area contributed by atoms with Crippen LogP contribution in [0.25, 0.3) is 0 Å². The van der Waals surface area contributed by atoms with Crippen LogP contribution in [0.5, 0.6) is 0 Å². The van der Waals surface area contributed by atoms with Crippen LogP contribution in [0.3, 0.4) is 0 Å². The summed E-state index contributed by atoms with van der Waals surface area (Å²) in [6, 6.07) is 20.7. The third-order valence-electron chi connectivity index (χ3n) is 3.97. The highest BCUT2D eigenvalue weighted by molar-refractivity contribution is 5.45. The fourth-order valence-electron chi connectivity index (χ4n) is 2.72. The van der Waals surface area contributed by atoms with Crippen LogP contribution in [0.15, 0.2) is 60.7 Å². The van der Waals surface area contributed by atoms with Crippen molar-refractivity contribution >= 4 is 5.69 Å². The number of anilines is 1. The van der Waals surface area contributed by atoms with E-state index >= 15 is 0 Å². The molecule has 0 unspecified atom stereocenters. The molecule has 0 aliphatic carbocycles. The zero-order chi connectivity index (χ0) is 15.6. The van der Waals surface area contributed by atoms with E-state index in [2.05, 4.69) is 48.6 Å². The van der Waals surface area contributed by atoms with E-state index in [9.17, 15) is 5.11 Å². The van der Waals surface area contributed by atoms with Gasteiger partial charge in [0.25, 0.3) is 0 Å². The topological polar surface area (TPSA) is 32.3 Å². The number of unbranched alkanes of at least 4 members (excludes halogenated alkanes) is 2. The average Bonchev–Trinajstić information content (AvgIpc) is 2.56. The van der Waals surface area contributed by atoms with Crippen LogP contribution < -0.4 is 5.32 Å². The minimum absolute atomic E-state index is 0.139. The third kappa shape index (κ3) is 5.53. The fourth-order valence-corrected chi connectivity index (χ4v) is 2.72. The predicted molar refractivity (Wildman–Crippen MR) is 94.0 cm³/mol. The van der Waals surface area contributed by atoms with Crippen LogP contribution >= 0.6 is 0 Å². The molecule has 2 aromatic carbocycles. The van der Waals surface area contributed by atoms with Crippen molar-refractivity contribution in [1.82, 2.24) is 0 Å². The van der Waals surface area contributed by atoms with E-state index in [4.69, 9.17) is 0 Å². The van der Waals surface area contributed by atoms with Crippen LogP contribution in [0.2, 0.25) is 0 Å². The number of aliphatic hydroxyl groups excluding tert-OH is 1. The molecule has 2 rings (SSSR count). The Morgan fingerprint density at radius 2 is 1.55 bits per heavy atom. The van der Waals surface area contributed by atoms with E-state index in [-0.39, 0.29) is 12.1 Å². The van der Waals surface area contributed by atoms with E-state index in [1.165, 1.54) is 18.4 Å². The number of aliphatic hydroxyl groups is 1. The van der Waals surface area contributed by atoms with Gasteiger partial charge in [0, 0.05) is 5.69 Å². The van der Waals surface area contributed by atoms with Gasteiger partial charge in [-0.05, 0) is 30.5 Å². The van der Waals surface area contributed by atoms with E-state index in [0.717, 1.165) is 24.9 Å². The summed E-state index contributed by atoms with van der Waals surface area (Å²) in [4.78, 5) is 0. The molecule has 0 bridgehead atoms. The first-order valence-electron chi connectivity index (χ1n) is 8.34. The van der Waals surface area contributed by atoms with Crippen LogP contribution in [-0.2, 0) is 0 Å². The lowest BCUT2D eigenvalue weighted by Crippen LogP contribution is -2.18. The zero-order valence-electron chi connectivity index (χ0n) is 13.4. The Morgan fingerprint density at radius 3 is 2.18 bits per heavy atom. The molecule has 0 aliphatic heterocycles. The molecule has 2 heteroatoms. The van der Waals surface area contributed by atoms with Gasteiger partial charge < -0.3 is 10.4 Å². The molecule has 0 amide bonds. The molecular formula is C20H27NO. The third-order valence-corrected chi connectivity index (χ3v) is 3.97. The van der Waals surface area contributed by atoms with Gasteiger partial charge >= 0.3 is 0 Å². The van der Waals surface area contributed by atoms with Gasteiger partial charge in [-0.1, -0.05) is 74.7 Å². The maximum Gasteiger partial charge on any atom is 0.0563 e. The number of rotatable bonds is 9. The maximum absolute atomic E-state index is 10.3. The summed E-state index contributed by atoms with van der Waals surface area (Å²) >= 11 is 0. The Kier molecular flexibility index (Phi) is 6.98. The first kappa shape index (κ1) is 16.6. The number of hydrogen-bond donors (Lipinski definition) is 2. The Bertz CT molecular complexity index is 512. The van der Waals surface area contributed by atoms with Crippen molar-refractivity contribution in [2.45, 2.75) is 51.2 Å². The molecule has 22 heavy (non-hydrogen) atoms. The number of hydrogen-bond acceptors (Lipinski definition) is 2. The van der Waals surface area contributed by atoms with Crippen molar-refractivity contribution in [1.29, 1.82) is 0 Å². The van der Waals surface area contributed by atoms with Gasteiger partial charge in [-0.2, -0.15) is 0 Å². The predicted octanol–water partition coefficient (Wildman–Crippen LogP) is 5.17. The van der Waals surface area contributed by atoms with E-state index in [0.29, 0.717) is 0 Å². The van der Waals surface area contributed by atoms with Crippen molar-refractivity contribution in [3.05, 3.63) is 66.2 Å². The van der Waals surface area contributed by atoms with Gasteiger partial charge in [0.15, 0.2) is 0 Å². The molecule has 0 aromatic heterocycles. The SMILES string of the molecule is CCCCC[C@@H](O)C[C@@H](Nc1ccccc1)c1ccccc1. The van der Waals surface area contributed by atoms with Crippen molar-refractivity contribution < 1.29 is 5.11 Å². The second kappa shape index (κ2) is 9.26. The standard InChI is InChI=1S/C20H27NO/c1-2-3-6-15-19(22)16-20(17-11-7-4-8-12-17)21-18-13-9-5-10-14-18/h4-5,7-14,19-22H,2-3,6,15-16H2,1H3/t19-,20-/m1/s1. The molecular weight excluding hydrogens is 270 g/mol. The molecule has 0 fully saturated rings. The lowest BCUT2D eigenvalue weighted by Gasteiger charge is -2.23. The molecule has 0 heterocycles. The highest BCUT2D eigenvalue weighted by Gasteiger charge is 2.16. The molecule has 0 radical (unpaired) electrons. The van der Waals surface area contributed by atoms with E-state index in [1.54, 1.807) is 0 Å². The van der Waals surface area contributed by atoms with E-state index < -0.39 is 0 Å². The molecule has 0 spiro atoms. The normalized spacial score (nSPS) is 13.5. The molecule has 0 saturated heterocycles. The minimum atomic E-state index is -0.257. The molecule has 2 aromatic rings. The molecule has 118 valence electrons. The second-order valence-corrected chi connectivity index (χ2v) is 5.86. The molecule has 2 atom stereocenters. The Hall–Kier alpha value is -1.80. The van der Waals surface area contributed by atoms with Gasteiger partial charge in [-0.25, -0.2) is 0 Å². The maximum atomic E-state index is 10.3. The van der Waals surface area contributed by atoms with Gasteiger partial charge in [0.05, 0.1) is 12.1 Å². The van der Waals surface area contributed by atoms with Gasteiger partial charge in [-0.15, -0.1) is 0 Å². The Labute approximate surface area is 134 Å². The Morgan fingerprint density at radius 1 is 0.909 bits per heavy atom. The summed E-state index contributed by atoms with van der Waals surface area (Å²) in [5.41, 5.74) is 2.32. The van der Waals surface area contributed by atoms with E-state index in [1.807, 2.05) is 24.3 Å². The monoisotopic (exact) mass is 297 g/mol. The summed E-state index contributed by atoms with van der Waals surface area (Å²) < 4.78 is 0. The summed E-state index contributed by atoms with van der Waals surface area (Å²) in [5.74, 6) is 0. The highest BCUT2D eigenvalue weighted by Crippen LogP contribution is 2.25. The number of para-hydroxylation sites is 1. The lowest BCUT2D eigenvalue weighted by atomic mass is 9.97. The van der Waals surface area contributed by atoms with Crippen LogP contribution in [0.1, 0.15) is 50.6 Å². The second-order valence-electron chi connectivity index (χ2n) is 5.86. The van der Waals surface area contributed by atoms with Crippen LogP contribution in [0.4, 0.5) is 5.69 Å².